The number of amides is 1. The Balaban J connectivity index is 1.23. The predicted octanol–water partition coefficient (Wildman–Crippen LogP) is 2.48. The number of carbonyl (C=O) groups is 2. The van der Waals surface area contributed by atoms with Gasteiger partial charge >= 0.3 is 5.97 Å². The molecule has 0 atom stereocenters. The minimum Gasteiger partial charge on any atom is -0.455 e. The van der Waals surface area contributed by atoms with Gasteiger partial charge in [-0.15, -0.1) is 0 Å². The van der Waals surface area contributed by atoms with E-state index in [9.17, 15) is 18.0 Å². The van der Waals surface area contributed by atoms with Crippen molar-refractivity contribution in [2.45, 2.75) is 17.7 Å². The highest BCUT2D eigenvalue weighted by Gasteiger charge is 2.28. The van der Waals surface area contributed by atoms with Crippen molar-refractivity contribution in [1.29, 1.82) is 0 Å². The fourth-order valence-electron chi connectivity index (χ4n) is 3.67. The van der Waals surface area contributed by atoms with Crippen molar-refractivity contribution in [2.24, 2.45) is 5.92 Å². The number of esters is 1. The summed E-state index contributed by atoms with van der Waals surface area (Å²) < 4.78 is 36.3. The van der Waals surface area contributed by atoms with Gasteiger partial charge in [0.05, 0.1) is 10.8 Å². The summed E-state index contributed by atoms with van der Waals surface area (Å²) in [5.74, 6) is -1.22. The molecule has 11 heteroatoms. The van der Waals surface area contributed by atoms with E-state index < -0.39 is 28.5 Å². The Kier molecular flexibility index (Phi) is 6.85. The summed E-state index contributed by atoms with van der Waals surface area (Å²) in [6.07, 6.45) is 1.14. The van der Waals surface area contributed by atoms with Gasteiger partial charge in [0, 0.05) is 32.9 Å². The van der Waals surface area contributed by atoms with E-state index in [2.05, 4.69) is 10.3 Å². The van der Waals surface area contributed by atoms with Crippen LogP contribution < -0.4 is 10.2 Å². The zero-order valence-electron chi connectivity index (χ0n) is 18.9. The fraction of sp³-hybridized carbons (Fsp3) is 0.348. The van der Waals surface area contributed by atoms with E-state index in [1.165, 1.54) is 38.4 Å². The lowest BCUT2D eigenvalue weighted by Gasteiger charge is -2.29. The average molecular weight is 487 g/mol. The van der Waals surface area contributed by atoms with Crippen LogP contribution in [0.4, 0.5) is 11.7 Å². The van der Waals surface area contributed by atoms with Crippen LogP contribution in [0.5, 0.6) is 0 Å². The van der Waals surface area contributed by atoms with E-state index in [0.29, 0.717) is 37.6 Å². The minimum atomic E-state index is -3.55. The molecule has 4 rings (SSSR count). The van der Waals surface area contributed by atoms with Crippen LogP contribution in [0, 0.1) is 5.92 Å². The first kappa shape index (κ1) is 23.7. The topological polar surface area (TPSA) is 122 Å². The Bertz CT molecular complexity index is 1250. The molecular weight excluding hydrogens is 460 g/mol. The number of sulfonamides is 1. The quantitative estimate of drug-likeness (QED) is 0.506. The monoisotopic (exact) mass is 486 g/mol. The predicted molar refractivity (Wildman–Crippen MR) is 126 cm³/mol. The van der Waals surface area contributed by atoms with Crippen LogP contribution in [-0.4, -0.2) is 63.4 Å². The van der Waals surface area contributed by atoms with Gasteiger partial charge in [0.1, 0.15) is 5.52 Å². The number of rotatable bonds is 7. The summed E-state index contributed by atoms with van der Waals surface area (Å²) in [4.78, 5) is 31.2. The van der Waals surface area contributed by atoms with E-state index in [1.54, 1.807) is 0 Å². The molecule has 180 valence electrons. The van der Waals surface area contributed by atoms with E-state index in [4.69, 9.17) is 9.15 Å². The molecule has 3 aromatic rings. The number of para-hydroxylation sites is 2. The van der Waals surface area contributed by atoms with Crippen LogP contribution in [0.25, 0.3) is 11.1 Å². The van der Waals surface area contributed by atoms with Gasteiger partial charge in [0.15, 0.2) is 12.2 Å². The lowest BCUT2D eigenvalue weighted by Crippen LogP contribution is -2.37. The third-order valence-corrected chi connectivity index (χ3v) is 7.47. The van der Waals surface area contributed by atoms with E-state index >= 15 is 0 Å². The number of nitrogens with one attached hydrogen (secondary N) is 1. The van der Waals surface area contributed by atoms with Crippen molar-refractivity contribution in [3.8, 4) is 0 Å². The van der Waals surface area contributed by atoms with Crippen molar-refractivity contribution in [3.05, 3.63) is 48.5 Å². The van der Waals surface area contributed by atoms with Crippen LogP contribution in [-0.2, 0) is 24.3 Å². The molecular formula is C23H26N4O6S. The number of nitrogens with zero attached hydrogens (tertiary/aromatic N) is 3. The maximum absolute atomic E-state index is 12.4. The third-order valence-electron chi connectivity index (χ3n) is 5.64. The highest BCUT2D eigenvalue weighted by molar-refractivity contribution is 7.89. The second-order valence-electron chi connectivity index (χ2n) is 8.19. The molecule has 0 spiro atoms. The first-order valence-corrected chi connectivity index (χ1v) is 12.3. The normalized spacial score (nSPS) is 15.0. The van der Waals surface area contributed by atoms with Crippen LogP contribution in [0.2, 0.25) is 0 Å². The van der Waals surface area contributed by atoms with Crippen molar-refractivity contribution < 1.29 is 27.2 Å². The molecule has 1 aliphatic heterocycles. The van der Waals surface area contributed by atoms with Gasteiger partial charge in [-0.05, 0) is 49.2 Å². The SMILES string of the molecule is CN(C)S(=O)(=O)c1ccc(NC(=O)COC(=O)C2CCN(c3nc4ccccc4o3)CC2)cc1. The number of piperidine rings is 1. The summed E-state index contributed by atoms with van der Waals surface area (Å²) in [6.45, 7) is 0.782. The number of oxazole rings is 1. The second kappa shape index (κ2) is 9.82. The molecule has 1 aromatic heterocycles. The summed E-state index contributed by atoms with van der Waals surface area (Å²) in [6, 6.07) is 13.9. The van der Waals surface area contributed by atoms with Gasteiger partial charge in [-0.25, -0.2) is 12.7 Å². The molecule has 0 unspecified atom stereocenters. The number of hydrogen-bond acceptors (Lipinski definition) is 8. The highest BCUT2D eigenvalue weighted by Crippen LogP contribution is 2.27. The first-order valence-electron chi connectivity index (χ1n) is 10.8. The van der Waals surface area contributed by atoms with Crippen molar-refractivity contribution in [2.75, 3.05) is 44.0 Å². The summed E-state index contributed by atoms with van der Waals surface area (Å²) in [5, 5.41) is 2.60. The van der Waals surface area contributed by atoms with E-state index in [-0.39, 0.29) is 10.8 Å². The van der Waals surface area contributed by atoms with Crippen LogP contribution in [0.1, 0.15) is 12.8 Å². The molecule has 10 nitrogen and oxygen atoms in total. The highest BCUT2D eigenvalue weighted by atomic mass is 32.2. The summed E-state index contributed by atoms with van der Waals surface area (Å²) in [7, 11) is -0.660. The third kappa shape index (κ3) is 5.20. The molecule has 1 N–H and O–H groups in total. The van der Waals surface area contributed by atoms with Gasteiger partial charge in [0.25, 0.3) is 11.9 Å². The van der Waals surface area contributed by atoms with Gasteiger partial charge in [-0.3, -0.25) is 9.59 Å². The average Bonchev–Trinajstić information content (AvgIpc) is 3.27. The number of carbonyl (C=O) groups excluding carboxylic acids is 2. The maximum atomic E-state index is 12.4. The molecule has 0 aliphatic carbocycles. The molecule has 1 fully saturated rings. The molecule has 1 aliphatic rings. The lowest BCUT2D eigenvalue weighted by molar-refractivity contribution is -0.152. The number of fused-ring (bicyclic) bond motifs is 1. The van der Waals surface area contributed by atoms with Crippen LogP contribution in [0.3, 0.4) is 0 Å². The maximum Gasteiger partial charge on any atom is 0.309 e. The Morgan fingerprint density at radius 1 is 1.12 bits per heavy atom. The molecule has 2 heterocycles. The van der Waals surface area contributed by atoms with Gasteiger partial charge in [-0.2, -0.15) is 4.98 Å². The molecule has 0 bridgehead atoms. The molecule has 1 amide bonds. The second-order valence-corrected chi connectivity index (χ2v) is 10.3. The smallest absolute Gasteiger partial charge is 0.309 e. The standard InChI is InChI=1S/C23H26N4O6S/c1-26(2)34(30,31)18-9-7-17(8-10-18)24-21(28)15-32-22(29)16-11-13-27(14-12-16)23-25-19-5-3-4-6-20(19)33-23/h3-10,16H,11-15H2,1-2H3,(H,24,28). The molecule has 0 radical (unpaired) electrons. The zero-order valence-corrected chi connectivity index (χ0v) is 19.7. The number of hydrogen-bond donors (Lipinski definition) is 1. The van der Waals surface area contributed by atoms with Crippen LogP contribution in [0.15, 0.2) is 57.8 Å². The minimum absolute atomic E-state index is 0.117. The van der Waals surface area contributed by atoms with Crippen molar-refractivity contribution in [1.82, 2.24) is 9.29 Å². The summed E-state index contributed by atoms with van der Waals surface area (Å²) in [5.41, 5.74) is 1.92. The van der Waals surface area contributed by atoms with Gasteiger partial charge < -0.3 is 19.4 Å². The van der Waals surface area contributed by atoms with E-state index in [1.807, 2.05) is 29.2 Å². The molecule has 0 saturated carbocycles. The molecule has 1 saturated heterocycles. The van der Waals surface area contributed by atoms with Crippen molar-refractivity contribution >= 4 is 44.7 Å². The largest absolute Gasteiger partial charge is 0.455 e. The Labute approximate surface area is 197 Å². The van der Waals surface area contributed by atoms with Gasteiger partial charge in [-0.1, -0.05) is 12.1 Å². The number of benzene rings is 2. The summed E-state index contributed by atoms with van der Waals surface area (Å²) >= 11 is 0. The zero-order chi connectivity index (χ0) is 24.3. The Hall–Kier alpha value is -3.44. The molecule has 34 heavy (non-hydrogen) atoms. The number of anilines is 2. The Morgan fingerprint density at radius 2 is 1.79 bits per heavy atom. The van der Waals surface area contributed by atoms with Crippen LogP contribution >= 0.6 is 0 Å². The van der Waals surface area contributed by atoms with Gasteiger partial charge in [0.2, 0.25) is 10.0 Å². The van der Waals surface area contributed by atoms with Crippen molar-refractivity contribution in [3.63, 3.8) is 0 Å². The van der Waals surface area contributed by atoms with E-state index in [0.717, 1.165) is 15.4 Å². The number of aromatic nitrogens is 1. The first-order chi connectivity index (χ1) is 16.2. The lowest BCUT2D eigenvalue weighted by atomic mass is 9.97. The Morgan fingerprint density at radius 3 is 2.44 bits per heavy atom. The fourth-order valence-corrected chi connectivity index (χ4v) is 4.58. The number of ether oxygens (including phenoxy) is 1. The molecule has 2 aromatic carbocycles.